The molecule has 1 aliphatic heterocycles. The number of nitrogen functional groups attached to an aromatic ring is 1. The van der Waals surface area contributed by atoms with Gasteiger partial charge in [0.1, 0.15) is 11.6 Å². The fourth-order valence-corrected chi connectivity index (χ4v) is 1.86. The minimum absolute atomic E-state index is 0.540. The van der Waals surface area contributed by atoms with Gasteiger partial charge < -0.3 is 11.1 Å². The molecule has 2 rings (SSSR count). The van der Waals surface area contributed by atoms with E-state index in [0.717, 1.165) is 25.5 Å². The van der Waals surface area contributed by atoms with Crippen LogP contribution in [0, 0.1) is 0 Å². The lowest BCUT2D eigenvalue weighted by molar-refractivity contribution is 0.243. The second-order valence-corrected chi connectivity index (χ2v) is 3.96. The zero-order valence-corrected chi connectivity index (χ0v) is 8.98. The Balaban J connectivity index is 1.95. The van der Waals surface area contributed by atoms with Crippen molar-refractivity contribution in [2.45, 2.75) is 19.0 Å². The molecule has 1 fully saturated rings. The van der Waals surface area contributed by atoms with Crippen molar-refractivity contribution in [1.29, 1.82) is 0 Å². The van der Waals surface area contributed by atoms with Crippen LogP contribution in [0.25, 0.3) is 0 Å². The monoisotopic (exact) mass is 207 g/mol. The van der Waals surface area contributed by atoms with Crippen LogP contribution in [0.1, 0.15) is 12.2 Å². The third-order valence-corrected chi connectivity index (χ3v) is 2.78. The summed E-state index contributed by atoms with van der Waals surface area (Å²) in [4.78, 5) is 10.7. The number of nitrogens with one attached hydrogen (secondary N) is 1. The van der Waals surface area contributed by atoms with Gasteiger partial charge in [-0.1, -0.05) is 0 Å². The van der Waals surface area contributed by atoms with Crippen molar-refractivity contribution in [3.8, 4) is 0 Å². The van der Waals surface area contributed by atoms with Gasteiger partial charge in [0, 0.05) is 18.8 Å². The zero-order chi connectivity index (χ0) is 10.7. The van der Waals surface area contributed by atoms with E-state index in [1.54, 1.807) is 12.3 Å². The maximum Gasteiger partial charge on any atom is 0.144 e. The van der Waals surface area contributed by atoms with Crippen LogP contribution in [0.4, 0.5) is 5.82 Å². The highest BCUT2D eigenvalue weighted by atomic mass is 15.2. The Labute approximate surface area is 89.7 Å². The van der Waals surface area contributed by atoms with Gasteiger partial charge in [0.15, 0.2) is 0 Å². The SMILES string of the molecule is CN(Cc1nccc(N)n1)[C@H]1CCNC1. The van der Waals surface area contributed by atoms with Crippen molar-refractivity contribution in [3.63, 3.8) is 0 Å². The van der Waals surface area contributed by atoms with Gasteiger partial charge in [-0.05, 0) is 26.1 Å². The summed E-state index contributed by atoms with van der Waals surface area (Å²) in [5, 5.41) is 3.34. The number of nitrogens with two attached hydrogens (primary N) is 1. The Hall–Kier alpha value is -1.20. The third-order valence-electron chi connectivity index (χ3n) is 2.78. The average molecular weight is 207 g/mol. The smallest absolute Gasteiger partial charge is 0.144 e. The van der Waals surface area contributed by atoms with Crippen molar-refractivity contribution >= 4 is 5.82 Å². The first-order valence-electron chi connectivity index (χ1n) is 5.24. The van der Waals surface area contributed by atoms with Crippen LogP contribution in [0.3, 0.4) is 0 Å². The standard InChI is InChI=1S/C10H17N5/c1-15(8-2-4-12-6-8)7-10-13-5-3-9(11)14-10/h3,5,8,12H,2,4,6-7H2,1H3,(H2,11,13,14)/t8-/m0/s1. The fraction of sp³-hybridized carbons (Fsp3) is 0.600. The number of hydrogen-bond acceptors (Lipinski definition) is 5. The van der Waals surface area contributed by atoms with Crippen LogP contribution in [-0.4, -0.2) is 41.0 Å². The molecule has 0 unspecified atom stereocenters. The molecular formula is C10H17N5. The van der Waals surface area contributed by atoms with Crippen molar-refractivity contribution in [2.75, 3.05) is 25.9 Å². The molecule has 1 aliphatic rings. The topological polar surface area (TPSA) is 67.1 Å². The molecule has 1 atom stereocenters. The van der Waals surface area contributed by atoms with Gasteiger partial charge in [0.2, 0.25) is 0 Å². The molecule has 0 spiro atoms. The molecule has 1 saturated heterocycles. The highest BCUT2D eigenvalue weighted by molar-refractivity contribution is 5.24. The Morgan fingerprint density at radius 1 is 1.67 bits per heavy atom. The number of anilines is 1. The van der Waals surface area contributed by atoms with Gasteiger partial charge in [0.25, 0.3) is 0 Å². The van der Waals surface area contributed by atoms with Crippen LogP contribution >= 0.6 is 0 Å². The van der Waals surface area contributed by atoms with Crippen LogP contribution in [0.5, 0.6) is 0 Å². The molecule has 15 heavy (non-hydrogen) atoms. The predicted molar refractivity (Wildman–Crippen MR) is 59.2 cm³/mol. The molecule has 2 heterocycles. The fourth-order valence-electron chi connectivity index (χ4n) is 1.86. The predicted octanol–water partition coefficient (Wildman–Crippen LogP) is -0.147. The Morgan fingerprint density at radius 2 is 2.53 bits per heavy atom. The van der Waals surface area contributed by atoms with Gasteiger partial charge in [-0.25, -0.2) is 9.97 Å². The number of hydrogen-bond donors (Lipinski definition) is 2. The number of likely N-dealkylation sites (N-methyl/N-ethyl adjacent to an activating group) is 1. The van der Waals surface area contributed by atoms with Gasteiger partial charge in [-0.15, -0.1) is 0 Å². The second-order valence-electron chi connectivity index (χ2n) is 3.96. The highest BCUT2D eigenvalue weighted by Crippen LogP contribution is 2.09. The van der Waals surface area contributed by atoms with Crippen LogP contribution < -0.4 is 11.1 Å². The van der Waals surface area contributed by atoms with Gasteiger partial charge in [-0.3, -0.25) is 4.90 Å². The molecule has 3 N–H and O–H groups in total. The molecule has 1 aromatic heterocycles. The molecular weight excluding hydrogens is 190 g/mol. The average Bonchev–Trinajstić information content (AvgIpc) is 2.70. The summed E-state index contributed by atoms with van der Waals surface area (Å²) < 4.78 is 0. The quantitative estimate of drug-likeness (QED) is 0.721. The van der Waals surface area contributed by atoms with E-state index < -0.39 is 0 Å². The molecule has 5 heteroatoms. The van der Waals surface area contributed by atoms with Crippen LogP contribution in [0.15, 0.2) is 12.3 Å². The highest BCUT2D eigenvalue weighted by Gasteiger charge is 2.19. The maximum absolute atomic E-state index is 5.61. The normalized spacial score (nSPS) is 21.1. The first kappa shape index (κ1) is 10.3. The largest absolute Gasteiger partial charge is 0.384 e. The minimum atomic E-state index is 0.540. The lowest BCUT2D eigenvalue weighted by Gasteiger charge is -2.22. The van der Waals surface area contributed by atoms with Gasteiger partial charge in [-0.2, -0.15) is 0 Å². The molecule has 5 nitrogen and oxygen atoms in total. The number of rotatable bonds is 3. The molecule has 82 valence electrons. The number of nitrogens with zero attached hydrogens (tertiary/aromatic N) is 3. The molecule has 1 aromatic rings. The Kier molecular flexibility index (Phi) is 3.13. The third kappa shape index (κ3) is 2.64. The number of aromatic nitrogens is 2. The Morgan fingerprint density at radius 3 is 3.20 bits per heavy atom. The van der Waals surface area contributed by atoms with Gasteiger partial charge >= 0.3 is 0 Å². The van der Waals surface area contributed by atoms with Crippen molar-refractivity contribution in [1.82, 2.24) is 20.2 Å². The molecule has 0 aromatic carbocycles. The maximum atomic E-state index is 5.61. The van der Waals surface area contributed by atoms with E-state index in [-0.39, 0.29) is 0 Å². The molecule has 0 amide bonds. The first-order chi connectivity index (χ1) is 7.25. The van der Waals surface area contributed by atoms with Crippen LogP contribution in [0.2, 0.25) is 0 Å². The lowest BCUT2D eigenvalue weighted by Crippen LogP contribution is -2.33. The van der Waals surface area contributed by atoms with Gasteiger partial charge in [0.05, 0.1) is 6.54 Å². The van der Waals surface area contributed by atoms with E-state index >= 15 is 0 Å². The lowest BCUT2D eigenvalue weighted by atomic mass is 10.2. The molecule has 0 radical (unpaired) electrons. The summed E-state index contributed by atoms with van der Waals surface area (Å²) in [6.45, 7) is 2.92. The summed E-state index contributed by atoms with van der Waals surface area (Å²) in [5.41, 5.74) is 5.61. The summed E-state index contributed by atoms with van der Waals surface area (Å²) in [7, 11) is 2.10. The second kappa shape index (κ2) is 4.55. The summed E-state index contributed by atoms with van der Waals surface area (Å²) >= 11 is 0. The Bertz CT molecular complexity index is 321. The summed E-state index contributed by atoms with van der Waals surface area (Å²) in [6, 6.07) is 2.30. The van der Waals surface area contributed by atoms with Crippen molar-refractivity contribution in [2.24, 2.45) is 0 Å². The van der Waals surface area contributed by atoms with Crippen molar-refractivity contribution in [3.05, 3.63) is 18.1 Å². The molecule has 0 saturated carbocycles. The van der Waals surface area contributed by atoms with E-state index in [0.29, 0.717) is 11.9 Å². The zero-order valence-electron chi connectivity index (χ0n) is 8.98. The molecule has 0 bridgehead atoms. The van der Waals surface area contributed by atoms with E-state index in [1.165, 1.54) is 6.42 Å². The summed E-state index contributed by atoms with van der Waals surface area (Å²) in [5.74, 6) is 1.34. The van der Waals surface area contributed by atoms with Crippen molar-refractivity contribution < 1.29 is 0 Å². The van der Waals surface area contributed by atoms with Crippen LogP contribution in [-0.2, 0) is 6.54 Å². The van der Waals surface area contributed by atoms with E-state index in [2.05, 4.69) is 27.2 Å². The summed E-state index contributed by atoms with van der Waals surface area (Å²) in [6.07, 6.45) is 2.90. The first-order valence-corrected chi connectivity index (χ1v) is 5.24. The minimum Gasteiger partial charge on any atom is -0.384 e. The van der Waals surface area contributed by atoms with E-state index in [4.69, 9.17) is 5.73 Å². The van der Waals surface area contributed by atoms with E-state index in [9.17, 15) is 0 Å². The molecule has 0 aliphatic carbocycles. The van der Waals surface area contributed by atoms with E-state index in [1.807, 2.05) is 0 Å².